The molecule has 1 heterocycles. The summed E-state index contributed by atoms with van der Waals surface area (Å²) in [6, 6.07) is 11.6. The largest absolute Gasteiger partial charge is 0.482 e. The lowest BCUT2D eigenvalue weighted by Crippen LogP contribution is -2.34. The third kappa shape index (κ3) is 6.43. The monoisotopic (exact) mass is 491 g/mol. The summed E-state index contributed by atoms with van der Waals surface area (Å²) >= 11 is 11.8. The van der Waals surface area contributed by atoms with Crippen LogP contribution < -0.4 is 20.3 Å². The molecule has 0 aliphatic rings. The number of anilines is 1. The van der Waals surface area contributed by atoms with E-state index in [0.29, 0.717) is 16.7 Å². The number of hydrazine groups is 1. The fraction of sp³-hybridized carbons (Fsp3) is 0.190. The summed E-state index contributed by atoms with van der Waals surface area (Å²) in [4.78, 5) is 30.7. The van der Waals surface area contributed by atoms with Crippen LogP contribution in [0.5, 0.6) is 17.4 Å². The molecule has 33 heavy (non-hydrogen) atoms. The molecule has 0 unspecified atom stereocenters. The summed E-state index contributed by atoms with van der Waals surface area (Å²) in [7, 11) is 0. The van der Waals surface area contributed by atoms with Crippen LogP contribution in [0.3, 0.4) is 0 Å². The van der Waals surface area contributed by atoms with Crippen molar-refractivity contribution in [3.05, 3.63) is 74.5 Å². The van der Waals surface area contributed by atoms with E-state index in [4.69, 9.17) is 32.7 Å². The number of hydrogen-bond acceptors (Lipinski definition) is 8. The van der Waals surface area contributed by atoms with Gasteiger partial charge >= 0.3 is 11.6 Å². The van der Waals surface area contributed by atoms with Crippen LogP contribution >= 0.6 is 23.2 Å². The highest BCUT2D eigenvalue weighted by molar-refractivity contribution is 6.35. The third-order valence-electron chi connectivity index (χ3n) is 4.31. The van der Waals surface area contributed by atoms with Crippen LogP contribution in [0.1, 0.15) is 25.3 Å². The molecule has 0 atom stereocenters. The van der Waals surface area contributed by atoms with Gasteiger partial charge in [0, 0.05) is 5.02 Å². The molecule has 2 N–H and O–H groups in total. The van der Waals surface area contributed by atoms with Crippen LogP contribution in [-0.2, 0) is 4.79 Å². The number of rotatable bonds is 9. The zero-order valence-electron chi connectivity index (χ0n) is 17.5. The Kier molecular flexibility index (Phi) is 7.86. The molecule has 0 bridgehead atoms. The van der Waals surface area contributed by atoms with Crippen molar-refractivity contribution in [2.45, 2.75) is 19.8 Å². The highest BCUT2D eigenvalue weighted by Crippen LogP contribution is 2.34. The maximum absolute atomic E-state index is 12.1. The van der Waals surface area contributed by atoms with E-state index in [1.54, 1.807) is 18.2 Å². The molecule has 0 radical (unpaired) electrons. The molecule has 10 nitrogen and oxygen atoms in total. The van der Waals surface area contributed by atoms with Gasteiger partial charge in [-0.3, -0.25) is 25.8 Å². The Morgan fingerprint density at radius 2 is 1.88 bits per heavy atom. The zero-order valence-corrected chi connectivity index (χ0v) is 19.1. The molecule has 12 heteroatoms. The Balaban J connectivity index is 1.67. The topological polar surface area (TPSA) is 129 Å². The average Bonchev–Trinajstić information content (AvgIpc) is 2.77. The Morgan fingerprint density at radius 3 is 2.52 bits per heavy atom. The Bertz CT molecular complexity index is 1160. The quantitative estimate of drug-likeness (QED) is 0.311. The first-order valence-corrected chi connectivity index (χ1v) is 10.4. The molecule has 3 aromatic rings. The molecule has 0 spiro atoms. The van der Waals surface area contributed by atoms with E-state index in [9.17, 15) is 14.9 Å². The van der Waals surface area contributed by atoms with Gasteiger partial charge in [-0.25, -0.2) is 4.98 Å². The van der Waals surface area contributed by atoms with Gasteiger partial charge in [0.05, 0.1) is 9.95 Å². The van der Waals surface area contributed by atoms with Crippen molar-refractivity contribution < 1.29 is 19.2 Å². The van der Waals surface area contributed by atoms with Crippen LogP contribution in [0.25, 0.3) is 0 Å². The predicted octanol–water partition coefficient (Wildman–Crippen LogP) is 5.13. The van der Waals surface area contributed by atoms with E-state index in [2.05, 4.69) is 20.8 Å². The smallest absolute Gasteiger partial charge is 0.374 e. The number of carbonyl (C=O) groups is 1. The molecule has 0 fully saturated rings. The van der Waals surface area contributed by atoms with Crippen molar-refractivity contribution in [3.8, 4) is 17.4 Å². The summed E-state index contributed by atoms with van der Waals surface area (Å²) in [6.07, 6.45) is 1.07. The average molecular weight is 492 g/mol. The number of halogens is 2. The summed E-state index contributed by atoms with van der Waals surface area (Å²) in [5.41, 5.74) is 5.21. The molecular formula is C21H19Cl2N5O5. The number of aromatic nitrogens is 2. The minimum Gasteiger partial charge on any atom is -0.482 e. The van der Waals surface area contributed by atoms with Gasteiger partial charge in [-0.15, -0.1) is 0 Å². The lowest BCUT2D eigenvalue weighted by molar-refractivity contribution is -0.385. The summed E-state index contributed by atoms with van der Waals surface area (Å²) < 4.78 is 10.9. The van der Waals surface area contributed by atoms with Crippen molar-refractivity contribution in [1.82, 2.24) is 15.4 Å². The Labute approximate surface area is 199 Å². The van der Waals surface area contributed by atoms with Gasteiger partial charge in [0.25, 0.3) is 5.91 Å². The van der Waals surface area contributed by atoms with Gasteiger partial charge < -0.3 is 9.47 Å². The first-order valence-electron chi connectivity index (χ1n) is 9.64. The van der Waals surface area contributed by atoms with Crippen molar-refractivity contribution in [2.24, 2.45) is 0 Å². The lowest BCUT2D eigenvalue weighted by atomic mass is 10.0. The molecule has 0 aliphatic heterocycles. The number of hydrogen-bond donors (Lipinski definition) is 2. The van der Waals surface area contributed by atoms with Crippen LogP contribution in [0.15, 0.2) is 48.8 Å². The maximum Gasteiger partial charge on any atom is 0.374 e. The molecule has 0 saturated heterocycles. The molecule has 1 amide bonds. The number of ether oxygens (including phenoxy) is 2. The number of benzene rings is 2. The third-order valence-corrected chi connectivity index (χ3v) is 4.84. The van der Waals surface area contributed by atoms with Crippen molar-refractivity contribution >= 4 is 40.6 Å². The van der Waals surface area contributed by atoms with Crippen LogP contribution in [0.2, 0.25) is 10.0 Å². The Hall–Kier alpha value is -3.63. The predicted molar refractivity (Wildman–Crippen MR) is 123 cm³/mol. The molecule has 0 aliphatic carbocycles. The van der Waals surface area contributed by atoms with E-state index in [1.807, 2.05) is 26.0 Å². The summed E-state index contributed by atoms with van der Waals surface area (Å²) in [5, 5.41) is 12.3. The van der Waals surface area contributed by atoms with E-state index < -0.39 is 23.1 Å². The molecule has 172 valence electrons. The SMILES string of the molecule is CC(C)c1ccc(Oc2ncnc(NNC(=O)COc3ccc(Cl)cc3Cl)c2[N+](=O)[O-])cc1. The number of amides is 1. The minimum atomic E-state index is -0.712. The second-order valence-corrected chi connectivity index (χ2v) is 7.84. The number of nitro groups is 1. The number of carbonyl (C=O) groups excluding carboxylic acids is 1. The first-order chi connectivity index (χ1) is 15.7. The molecule has 0 saturated carbocycles. The second kappa shape index (κ2) is 10.8. The van der Waals surface area contributed by atoms with Crippen LogP contribution in [-0.4, -0.2) is 27.4 Å². The van der Waals surface area contributed by atoms with E-state index in [0.717, 1.165) is 11.9 Å². The maximum atomic E-state index is 12.1. The Morgan fingerprint density at radius 1 is 1.15 bits per heavy atom. The normalized spacial score (nSPS) is 10.6. The standard InChI is InChI=1S/C21H19Cl2N5O5/c1-12(2)13-3-6-15(7-4-13)33-21-19(28(30)31)20(24-11-25-21)27-26-18(29)10-32-17-8-5-14(22)9-16(17)23/h3-9,11-12H,10H2,1-2H3,(H,26,29)(H,24,25,27). The number of nitrogens with one attached hydrogen (secondary N) is 2. The highest BCUT2D eigenvalue weighted by atomic mass is 35.5. The molecule has 3 rings (SSSR count). The fourth-order valence-corrected chi connectivity index (χ4v) is 3.09. The highest BCUT2D eigenvalue weighted by Gasteiger charge is 2.25. The number of nitrogens with zero attached hydrogens (tertiary/aromatic N) is 3. The van der Waals surface area contributed by atoms with E-state index >= 15 is 0 Å². The first kappa shape index (κ1) is 24.0. The zero-order chi connectivity index (χ0) is 24.0. The van der Waals surface area contributed by atoms with Gasteiger partial charge in [-0.1, -0.05) is 49.2 Å². The second-order valence-electron chi connectivity index (χ2n) is 7.00. The van der Waals surface area contributed by atoms with E-state index in [1.165, 1.54) is 12.1 Å². The van der Waals surface area contributed by atoms with Gasteiger partial charge in [0.1, 0.15) is 17.8 Å². The minimum absolute atomic E-state index is 0.234. The van der Waals surface area contributed by atoms with Gasteiger partial charge in [0.2, 0.25) is 5.82 Å². The van der Waals surface area contributed by atoms with Crippen molar-refractivity contribution in [3.63, 3.8) is 0 Å². The lowest BCUT2D eigenvalue weighted by Gasteiger charge is -2.12. The molecule has 2 aromatic carbocycles. The van der Waals surface area contributed by atoms with Crippen LogP contribution in [0, 0.1) is 10.1 Å². The van der Waals surface area contributed by atoms with Crippen LogP contribution in [0.4, 0.5) is 11.5 Å². The van der Waals surface area contributed by atoms with Crippen molar-refractivity contribution in [1.29, 1.82) is 0 Å². The van der Waals surface area contributed by atoms with Gasteiger partial charge in [-0.2, -0.15) is 4.98 Å². The molecular weight excluding hydrogens is 473 g/mol. The van der Waals surface area contributed by atoms with Gasteiger partial charge in [-0.05, 0) is 41.8 Å². The van der Waals surface area contributed by atoms with E-state index in [-0.39, 0.29) is 22.5 Å². The molecule has 1 aromatic heterocycles. The fourth-order valence-electron chi connectivity index (χ4n) is 2.63. The summed E-state index contributed by atoms with van der Waals surface area (Å²) in [6.45, 7) is 3.68. The van der Waals surface area contributed by atoms with Gasteiger partial charge in [0.15, 0.2) is 6.61 Å². The summed E-state index contributed by atoms with van der Waals surface area (Å²) in [5.74, 6) is -0.241. The van der Waals surface area contributed by atoms with Crippen molar-refractivity contribution in [2.75, 3.05) is 12.0 Å².